The summed E-state index contributed by atoms with van der Waals surface area (Å²) in [6, 6.07) is 10.2. The van der Waals surface area contributed by atoms with Gasteiger partial charge >= 0.3 is 0 Å². The molecule has 108 valence electrons. The second-order valence-electron chi connectivity index (χ2n) is 4.54. The molecule has 0 fully saturated rings. The molecule has 0 radical (unpaired) electrons. The predicted octanol–water partition coefficient (Wildman–Crippen LogP) is 3.37. The molecule has 0 amide bonds. The molecule has 0 heterocycles. The van der Waals surface area contributed by atoms with E-state index in [1.165, 1.54) is 5.56 Å². The van der Waals surface area contributed by atoms with Crippen LogP contribution in [-0.4, -0.2) is 38.9 Å². The second kappa shape index (κ2) is 9.48. The van der Waals surface area contributed by atoms with Gasteiger partial charge in [0, 0.05) is 25.7 Å². The van der Waals surface area contributed by atoms with Crippen LogP contribution >= 0.6 is 15.9 Å². The van der Waals surface area contributed by atoms with Crippen LogP contribution in [0.15, 0.2) is 30.3 Å². The zero-order valence-corrected chi connectivity index (χ0v) is 13.3. The van der Waals surface area contributed by atoms with Crippen molar-refractivity contribution >= 4 is 15.9 Å². The standard InChI is InChI=1S/C15H23BrO3/c1-15(13-16,14-7-4-3-5-8-14)19-12-11-18-10-6-9-17-2/h3-5,7-8H,6,9-13H2,1-2H3. The number of ether oxygens (including phenoxy) is 3. The fraction of sp³-hybridized carbons (Fsp3) is 0.600. The molecule has 1 unspecified atom stereocenters. The zero-order chi connectivity index (χ0) is 14.0. The lowest BCUT2D eigenvalue weighted by molar-refractivity contribution is -0.0471. The first-order chi connectivity index (χ1) is 9.23. The highest BCUT2D eigenvalue weighted by Crippen LogP contribution is 2.27. The van der Waals surface area contributed by atoms with Crippen LogP contribution in [0, 0.1) is 0 Å². The summed E-state index contributed by atoms with van der Waals surface area (Å²) in [4.78, 5) is 0. The van der Waals surface area contributed by atoms with E-state index in [1.54, 1.807) is 7.11 Å². The number of benzene rings is 1. The Morgan fingerprint density at radius 2 is 1.79 bits per heavy atom. The number of hydrogen-bond donors (Lipinski definition) is 0. The van der Waals surface area contributed by atoms with Gasteiger partial charge in [-0.3, -0.25) is 0 Å². The number of rotatable bonds is 10. The summed E-state index contributed by atoms with van der Waals surface area (Å²) in [7, 11) is 1.70. The van der Waals surface area contributed by atoms with Gasteiger partial charge in [-0.05, 0) is 18.9 Å². The molecule has 0 saturated heterocycles. The van der Waals surface area contributed by atoms with Gasteiger partial charge in [0.05, 0.1) is 13.2 Å². The number of halogens is 1. The second-order valence-corrected chi connectivity index (χ2v) is 5.10. The van der Waals surface area contributed by atoms with Crippen molar-refractivity contribution in [2.45, 2.75) is 18.9 Å². The van der Waals surface area contributed by atoms with E-state index in [-0.39, 0.29) is 5.60 Å². The molecule has 0 saturated carbocycles. The van der Waals surface area contributed by atoms with Gasteiger partial charge in [0.15, 0.2) is 0 Å². The lowest BCUT2D eigenvalue weighted by Gasteiger charge is -2.28. The van der Waals surface area contributed by atoms with Gasteiger partial charge in [-0.1, -0.05) is 46.3 Å². The van der Waals surface area contributed by atoms with Gasteiger partial charge in [-0.15, -0.1) is 0 Å². The third kappa shape index (κ3) is 6.04. The Morgan fingerprint density at radius 1 is 1.05 bits per heavy atom. The smallest absolute Gasteiger partial charge is 0.100 e. The van der Waals surface area contributed by atoms with Gasteiger partial charge < -0.3 is 14.2 Å². The Morgan fingerprint density at radius 3 is 2.42 bits per heavy atom. The number of alkyl halides is 1. The summed E-state index contributed by atoms with van der Waals surface area (Å²) >= 11 is 3.53. The van der Waals surface area contributed by atoms with E-state index in [9.17, 15) is 0 Å². The van der Waals surface area contributed by atoms with Crippen molar-refractivity contribution in [1.29, 1.82) is 0 Å². The van der Waals surface area contributed by atoms with Gasteiger partial charge in [0.2, 0.25) is 0 Å². The lowest BCUT2D eigenvalue weighted by Crippen LogP contribution is -2.29. The average molecular weight is 331 g/mol. The van der Waals surface area contributed by atoms with E-state index in [0.29, 0.717) is 19.8 Å². The minimum absolute atomic E-state index is 0.308. The molecular weight excluding hydrogens is 308 g/mol. The highest BCUT2D eigenvalue weighted by atomic mass is 79.9. The molecule has 1 rings (SSSR count). The first-order valence-electron chi connectivity index (χ1n) is 6.55. The highest BCUT2D eigenvalue weighted by molar-refractivity contribution is 9.09. The minimum atomic E-state index is -0.308. The molecule has 1 aromatic rings. The Kier molecular flexibility index (Phi) is 8.30. The summed E-state index contributed by atoms with van der Waals surface area (Å²) < 4.78 is 16.4. The third-order valence-corrected chi connectivity index (χ3v) is 3.99. The minimum Gasteiger partial charge on any atom is -0.385 e. The van der Waals surface area contributed by atoms with Gasteiger partial charge in [0.25, 0.3) is 0 Å². The largest absolute Gasteiger partial charge is 0.385 e. The van der Waals surface area contributed by atoms with Crippen molar-refractivity contribution in [2.75, 3.05) is 38.9 Å². The van der Waals surface area contributed by atoms with Gasteiger partial charge in [-0.25, -0.2) is 0 Å². The van der Waals surface area contributed by atoms with Crippen molar-refractivity contribution in [2.24, 2.45) is 0 Å². The molecular formula is C15H23BrO3. The highest BCUT2D eigenvalue weighted by Gasteiger charge is 2.25. The summed E-state index contributed by atoms with van der Waals surface area (Å²) in [5, 5.41) is 0.758. The third-order valence-electron chi connectivity index (χ3n) is 2.92. The molecule has 0 aliphatic rings. The molecule has 19 heavy (non-hydrogen) atoms. The van der Waals surface area contributed by atoms with Crippen LogP contribution in [0.5, 0.6) is 0 Å². The number of methoxy groups -OCH3 is 1. The van der Waals surface area contributed by atoms with Crippen LogP contribution in [0.3, 0.4) is 0 Å². The fourth-order valence-corrected chi connectivity index (χ4v) is 2.21. The molecule has 1 aromatic carbocycles. The lowest BCUT2D eigenvalue weighted by atomic mass is 9.98. The fourth-order valence-electron chi connectivity index (χ4n) is 1.72. The molecule has 0 bridgehead atoms. The molecule has 0 aliphatic carbocycles. The summed E-state index contributed by atoms with van der Waals surface area (Å²) in [6.45, 7) is 4.74. The first kappa shape index (κ1) is 16.6. The average Bonchev–Trinajstić information content (AvgIpc) is 2.47. The quantitative estimate of drug-likeness (QED) is 0.486. The monoisotopic (exact) mass is 330 g/mol. The Labute approximate surface area is 124 Å². The predicted molar refractivity (Wildman–Crippen MR) is 80.9 cm³/mol. The maximum Gasteiger partial charge on any atom is 0.100 e. The summed E-state index contributed by atoms with van der Waals surface area (Å²) in [5.41, 5.74) is 0.864. The molecule has 3 nitrogen and oxygen atoms in total. The summed E-state index contributed by atoms with van der Waals surface area (Å²) in [5.74, 6) is 0. The van der Waals surface area contributed by atoms with E-state index in [0.717, 1.165) is 18.4 Å². The Hall–Kier alpha value is -0.420. The van der Waals surface area contributed by atoms with Crippen molar-refractivity contribution in [3.05, 3.63) is 35.9 Å². The molecule has 0 N–H and O–H groups in total. The molecule has 0 aliphatic heterocycles. The molecule has 0 aromatic heterocycles. The van der Waals surface area contributed by atoms with E-state index in [1.807, 2.05) is 18.2 Å². The van der Waals surface area contributed by atoms with E-state index in [2.05, 4.69) is 35.0 Å². The van der Waals surface area contributed by atoms with E-state index < -0.39 is 0 Å². The van der Waals surface area contributed by atoms with Crippen LogP contribution in [-0.2, 0) is 19.8 Å². The molecule has 1 atom stereocenters. The maximum absolute atomic E-state index is 5.97. The van der Waals surface area contributed by atoms with Gasteiger partial charge in [-0.2, -0.15) is 0 Å². The summed E-state index contributed by atoms with van der Waals surface area (Å²) in [6.07, 6.45) is 0.922. The number of hydrogen-bond acceptors (Lipinski definition) is 3. The SMILES string of the molecule is COCCCOCCOC(C)(CBr)c1ccccc1. The Bertz CT molecular complexity index is 331. The van der Waals surface area contributed by atoms with Crippen LogP contribution in [0.25, 0.3) is 0 Å². The van der Waals surface area contributed by atoms with E-state index >= 15 is 0 Å². The van der Waals surface area contributed by atoms with E-state index in [4.69, 9.17) is 14.2 Å². The van der Waals surface area contributed by atoms with Gasteiger partial charge in [0.1, 0.15) is 5.60 Å². The van der Waals surface area contributed by atoms with Crippen LogP contribution in [0.2, 0.25) is 0 Å². The normalized spacial score (nSPS) is 14.3. The van der Waals surface area contributed by atoms with Crippen molar-refractivity contribution in [3.63, 3.8) is 0 Å². The Balaban J connectivity index is 2.29. The van der Waals surface area contributed by atoms with Crippen molar-refractivity contribution < 1.29 is 14.2 Å². The topological polar surface area (TPSA) is 27.7 Å². The van der Waals surface area contributed by atoms with Crippen molar-refractivity contribution in [1.82, 2.24) is 0 Å². The zero-order valence-electron chi connectivity index (χ0n) is 11.7. The van der Waals surface area contributed by atoms with Crippen LogP contribution in [0.4, 0.5) is 0 Å². The van der Waals surface area contributed by atoms with Crippen LogP contribution in [0.1, 0.15) is 18.9 Å². The molecule has 4 heteroatoms. The van der Waals surface area contributed by atoms with Crippen LogP contribution < -0.4 is 0 Å². The van der Waals surface area contributed by atoms with Crippen molar-refractivity contribution in [3.8, 4) is 0 Å². The first-order valence-corrected chi connectivity index (χ1v) is 7.67. The maximum atomic E-state index is 5.97. The molecule has 0 spiro atoms.